The summed E-state index contributed by atoms with van der Waals surface area (Å²) in [6.45, 7) is 5.81. The highest BCUT2D eigenvalue weighted by Gasteiger charge is 2.13. The number of methoxy groups -OCH3 is 1. The van der Waals surface area contributed by atoms with Crippen LogP contribution in [-0.2, 0) is 20.0 Å². The molecule has 0 bridgehead atoms. The van der Waals surface area contributed by atoms with Crippen LogP contribution in [0.25, 0.3) is 10.9 Å². The Kier molecular flexibility index (Phi) is 4.39. The maximum absolute atomic E-state index is 5.42. The van der Waals surface area contributed by atoms with Gasteiger partial charge in [0, 0.05) is 30.7 Å². The molecule has 2 heterocycles. The van der Waals surface area contributed by atoms with Crippen LogP contribution >= 0.6 is 0 Å². The van der Waals surface area contributed by atoms with Crippen molar-refractivity contribution in [2.45, 2.75) is 26.8 Å². The first-order chi connectivity index (χ1) is 11.1. The molecule has 1 aromatic carbocycles. The molecule has 0 aliphatic carbocycles. The van der Waals surface area contributed by atoms with Crippen molar-refractivity contribution in [2.75, 3.05) is 13.7 Å². The zero-order valence-electron chi connectivity index (χ0n) is 14.2. The average Bonchev–Trinajstić information content (AvgIpc) is 3.03. The van der Waals surface area contributed by atoms with Crippen molar-refractivity contribution < 1.29 is 4.74 Å². The number of fused-ring (bicyclic) bond motifs is 1. The summed E-state index contributed by atoms with van der Waals surface area (Å²) in [6, 6.07) is 6.55. The molecule has 3 rings (SSSR count). The summed E-state index contributed by atoms with van der Waals surface area (Å²) in [5, 5.41) is 9.22. The Balaban J connectivity index is 1.61. The second-order valence-electron chi connectivity index (χ2n) is 5.99. The standard InChI is InChI=1S/C18H24N4O/c1-12-5-6-15-14(10-20-17(15)9-12)7-8-19-11-16-13(2)21-22(3)18(16)23-4/h5-6,9-10,19-20H,7-8,11H2,1-4H3. The highest BCUT2D eigenvalue weighted by Crippen LogP contribution is 2.21. The van der Waals surface area contributed by atoms with Crippen molar-refractivity contribution in [3.05, 3.63) is 46.8 Å². The number of nitrogens with zero attached hydrogens (tertiary/aromatic N) is 2. The Morgan fingerprint density at radius 1 is 1.30 bits per heavy atom. The number of ether oxygens (including phenoxy) is 1. The zero-order chi connectivity index (χ0) is 16.4. The first kappa shape index (κ1) is 15.6. The minimum atomic E-state index is 0.768. The molecule has 0 saturated carbocycles. The predicted molar refractivity (Wildman–Crippen MR) is 92.9 cm³/mol. The van der Waals surface area contributed by atoms with Gasteiger partial charge < -0.3 is 15.0 Å². The van der Waals surface area contributed by atoms with E-state index in [9.17, 15) is 0 Å². The molecule has 0 amide bonds. The van der Waals surface area contributed by atoms with E-state index in [4.69, 9.17) is 4.74 Å². The number of hydrogen-bond acceptors (Lipinski definition) is 3. The average molecular weight is 312 g/mol. The fourth-order valence-electron chi connectivity index (χ4n) is 3.08. The monoisotopic (exact) mass is 312 g/mol. The van der Waals surface area contributed by atoms with Crippen LogP contribution in [0, 0.1) is 13.8 Å². The number of benzene rings is 1. The van der Waals surface area contributed by atoms with E-state index in [1.165, 1.54) is 22.0 Å². The first-order valence-corrected chi connectivity index (χ1v) is 7.94. The number of aromatic nitrogens is 3. The molecule has 0 radical (unpaired) electrons. The van der Waals surface area contributed by atoms with Crippen LogP contribution < -0.4 is 10.1 Å². The van der Waals surface area contributed by atoms with Gasteiger partial charge in [-0.3, -0.25) is 0 Å². The van der Waals surface area contributed by atoms with Crippen LogP contribution in [0.3, 0.4) is 0 Å². The van der Waals surface area contributed by atoms with Gasteiger partial charge in [-0.1, -0.05) is 12.1 Å². The lowest BCUT2D eigenvalue weighted by Crippen LogP contribution is -2.17. The molecular formula is C18H24N4O. The fourth-order valence-corrected chi connectivity index (χ4v) is 3.08. The van der Waals surface area contributed by atoms with Gasteiger partial charge in [-0.2, -0.15) is 5.10 Å². The molecule has 2 N–H and O–H groups in total. The van der Waals surface area contributed by atoms with Crippen molar-refractivity contribution >= 4 is 10.9 Å². The third-order valence-electron chi connectivity index (χ3n) is 4.28. The molecular weight excluding hydrogens is 288 g/mol. The summed E-state index contributed by atoms with van der Waals surface area (Å²) >= 11 is 0. The van der Waals surface area contributed by atoms with Gasteiger partial charge in [-0.15, -0.1) is 0 Å². The Hall–Kier alpha value is -2.27. The summed E-state index contributed by atoms with van der Waals surface area (Å²) < 4.78 is 7.21. The van der Waals surface area contributed by atoms with Gasteiger partial charge in [0.05, 0.1) is 18.4 Å². The van der Waals surface area contributed by atoms with Crippen LogP contribution in [0.5, 0.6) is 5.88 Å². The van der Waals surface area contributed by atoms with Gasteiger partial charge in [-0.25, -0.2) is 4.68 Å². The van der Waals surface area contributed by atoms with Gasteiger partial charge in [0.2, 0.25) is 5.88 Å². The molecule has 0 saturated heterocycles. The first-order valence-electron chi connectivity index (χ1n) is 7.94. The lowest BCUT2D eigenvalue weighted by atomic mass is 10.1. The van der Waals surface area contributed by atoms with E-state index in [1.54, 1.807) is 11.8 Å². The molecule has 0 aliphatic heterocycles. The fraction of sp³-hybridized carbons (Fsp3) is 0.389. The topological polar surface area (TPSA) is 54.9 Å². The third kappa shape index (κ3) is 3.10. The van der Waals surface area contributed by atoms with Crippen molar-refractivity contribution in [3.63, 3.8) is 0 Å². The summed E-state index contributed by atoms with van der Waals surface area (Å²) in [7, 11) is 3.59. The molecule has 0 aliphatic rings. The van der Waals surface area contributed by atoms with E-state index in [2.05, 4.69) is 46.7 Å². The molecule has 0 atom stereocenters. The van der Waals surface area contributed by atoms with Gasteiger partial charge in [-0.05, 0) is 44.0 Å². The number of aryl methyl sites for hydroxylation is 3. The van der Waals surface area contributed by atoms with Crippen LogP contribution in [-0.4, -0.2) is 28.4 Å². The van der Waals surface area contributed by atoms with E-state index in [0.29, 0.717) is 0 Å². The molecule has 0 spiro atoms. The van der Waals surface area contributed by atoms with Crippen LogP contribution in [0.4, 0.5) is 0 Å². The van der Waals surface area contributed by atoms with Gasteiger partial charge in [0.15, 0.2) is 0 Å². The van der Waals surface area contributed by atoms with E-state index in [1.807, 2.05) is 14.0 Å². The second-order valence-corrected chi connectivity index (χ2v) is 5.99. The zero-order valence-corrected chi connectivity index (χ0v) is 14.2. The molecule has 0 unspecified atom stereocenters. The highest BCUT2D eigenvalue weighted by atomic mass is 16.5. The van der Waals surface area contributed by atoms with Gasteiger partial charge >= 0.3 is 0 Å². The molecule has 0 fully saturated rings. The van der Waals surface area contributed by atoms with E-state index >= 15 is 0 Å². The van der Waals surface area contributed by atoms with Crippen LogP contribution in [0.15, 0.2) is 24.4 Å². The van der Waals surface area contributed by atoms with Crippen molar-refractivity contribution in [1.82, 2.24) is 20.1 Å². The van der Waals surface area contributed by atoms with Crippen molar-refractivity contribution in [2.24, 2.45) is 7.05 Å². The summed E-state index contributed by atoms with van der Waals surface area (Å²) in [5.41, 5.74) is 5.99. The molecule has 5 heteroatoms. The van der Waals surface area contributed by atoms with Crippen molar-refractivity contribution in [3.8, 4) is 5.88 Å². The normalized spacial score (nSPS) is 11.3. The lowest BCUT2D eigenvalue weighted by Gasteiger charge is -2.07. The van der Waals surface area contributed by atoms with Crippen LogP contribution in [0.2, 0.25) is 0 Å². The Morgan fingerprint density at radius 3 is 2.91 bits per heavy atom. The van der Waals surface area contributed by atoms with Crippen molar-refractivity contribution in [1.29, 1.82) is 0 Å². The number of hydrogen-bond donors (Lipinski definition) is 2. The Labute approximate surface area is 136 Å². The SMILES string of the molecule is COc1c(CNCCc2c[nH]c3cc(C)ccc23)c(C)nn1C. The third-order valence-corrected chi connectivity index (χ3v) is 4.28. The van der Waals surface area contributed by atoms with Gasteiger partial charge in [0.1, 0.15) is 0 Å². The molecule has 3 aromatic rings. The Morgan fingerprint density at radius 2 is 2.13 bits per heavy atom. The minimum Gasteiger partial charge on any atom is -0.481 e. The van der Waals surface area contributed by atoms with Gasteiger partial charge in [0.25, 0.3) is 0 Å². The summed E-state index contributed by atoms with van der Waals surface area (Å²) in [5.74, 6) is 0.831. The summed E-state index contributed by atoms with van der Waals surface area (Å²) in [6.07, 6.45) is 3.10. The number of aromatic amines is 1. The number of rotatable bonds is 6. The molecule has 122 valence electrons. The number of H-pyrrole nitrogens is 1. The highest BCUT2D eigenvalue weighted by molar-refractivity contribution is 5.83. The Bertz CT molecular complexity index is 816. The molecule has 23 heavy (non-hydrogen) atoms. The predicted octanol–water partition coefficient (Wildman–Crippen LogP) is 2.86. The molecule has 2 aromatic heterocycles. The van der Waals surface area contributed by atoms with E-state index in [-0.39, 0.29) is 0 Å². The van der Waals surface area contributed by atoms with E-state index in [0.717, 1.165) is 36.6 Å². The van der Waals surface area contributed by atoms with Crippen LogP contribution in [0.1, 0.15) is 22.4 Å². The number of nitrogens with one attached hydrogen (secondary N) is 2. The maximum Gasteiger partial charge on any atom is 0.216 e. The maximum atomic E-state index is 5.42. The molecule has 5 nitrogen and oxygen atoms in total. The smallest absolute Gasteiger partial charge is 0.216 e. The van der Waals surface area contributed by atoms with E-state index < -0.39 is 0 Å². The minimum absolute atomic E-state index is 0.768. The second kappa shape index (κ2) is 6.46. The lowest BCUT2D eigenvalue weighted by molar-refractivity contribution is 0.368. The largest absolute Gasteiger partial charge is 0.481 e. The summed E-state index contributed by atoms with van der Waals surface area (Å²) in [4.78, 5) is 3.36. The quantitative estimate of drug-likeness (QED) is 0.688.